The van der Waals surface area contributed by atoms with Crippen molar-refractivity contribution in [3.05, 3.63) is 54.6 Å². The SMILES string of the molecule is [AsH2][c-]1cccc1.[Fe].[cH-]1[cH-][cH-][cH-][cH-]1. The Morgan fingerprint density at radius 3 is 1.33 bits per heavy atom. The van der Waals surface area contributed by atoms with Crippen LogP contribution in [0.25, 0.3) is 0 Å². The predicted molar refractivity (Wildman–Crippen MR) is 52.2 cm³/mol. The first-order chi connectivity index (χ1) is 5.39. The van der Waals surface area contributed by atoms with Gasteiger partial charge in [0.05, 0.1) is 0 Å². The summed E-state index contributed by atoms with van der Waals surface area (Å²) in [6.07, 6.45) is 0. The van der Waals surface area contributed by atoms with E-state index < -0.39 is 0 Å². The zero-order valence-corrected chi connectivity index (χ0v) is 10.2. The fourth-order valence-electron chi connectivity index (χ4n) is 0.710. The molecule has 0 N–H and O–H groups in total. The predicted octanol–water partition coefficient (Wildman–Crippen LogP) is 1.07. The molecule has 2 rings (SSSR count). The van der Waals surface area contributed by atoms with Gasteiger partial charge in [-0.1, -0.05) is 0 Å². The van der Waals surface area contributed by atoms with Crippen LogP contribution in [0.3, 0.4) is 0 Å². The van der Waals surface area contributed by atoms with Crippen molar-refractivity contribution in [1.82, 2.24) is 0 Å². The molecule has 2 aromatic rings. The molecular weight excluding hydrogens is 251 g/mol. The van der Waals surface area contributed by atoms with Crippen molar-refractivity contribution in [2.24, 2.45) is 0 Å². The molecule has 2 heteroatoms. The standard InChI is InChI=1S/C5H6As.C5H5.Fe/c6-5-3-1-2-4-5;1-2-4-5-3-1;/h1-4H,6H2;1-5H;/q-1;-5;. The Hall–Kier alpha value is -0.222. The summed E-state index contributed by atoms with van der Waals surface area (Å²) in [5.74, 6) is 0. The normalized spacial score (nSPS) is 7.75. The number of hydrogen-bond donors (Lipinski definition) is 0. The molecule has 1 atom stereocenters. The Kier molecular flexibility index (Phi) is 7.29. The van der Waals surface area contributed by atoms with E-state index in [0.29, 0.717) is 0 Å². The van der Waals surface area contributed by atoms with Gasteiger partial charge in [0.15, 0.2) is 0 Å². The molecule has 2 aromatic carbocycles. The van der Waals surface area contributed by atoms with Crippen LogP contribution in [0.4, 0.5) is 0 Å². The maximum Gasteiger partial charge on any atom is 0 e. The minimum absolute atomic E-state index is 0. The van der Waals surface area contributed by atoms with E-state index in [0.717, 1.165) is 0 Å². The average Bonchev–Trinajstić information content (AvgIpc) is 2.57. The minimum atomic E-state index is 0. The summed E-state index contributed by atoms with van der Waals surface area (Å²) < 4.78 is 1.41. The van der Waals surface area contributed by atoms with E-state index in [2.05, 4.69) is 24.3 Å². The second kappa shape index (κ2) is 7.43. The fraction of sp³-hybridized carbons (Fsp3) is 0. The van der Waals surface area contributed by atoms with Crippen molar-refractivity contribution < 1.29 is 17.1 Å². The molecular formula is C10H11AsFe-6. The van der Waals surface area contributed by atoms with Crippen molar-refractivity contribution >= 4 is 21.2 Å². The molecule has 0 aliphatic carbocycles. The van der Waals surface area contributed by atoms with E-state index >= 15 is 0 Å². The van der Waals surface area contributed by atoms with Gasteiger partial charge in [-0.3, -0.25) is 0 Å². The summed E-state index contributed by atoms with van der Waals surface area (Å²) in [7, 11) is 0. The van der Waals surface area contributed by atoms with E-state index in [4.69, 9.17) is 0 Å². The van der Waals surface area contributed by atoms with E-state index in [-0.39, 0.29) is 17.1 Å². The number of hydrogen-bond acceptors (Lipinski definition) is 0. The Morgan fingerprint density at radius 1 is 0.833 bits per heavy atom. The van der Waals surface area contributed by atoms with Crippen molar-refractivity contribution in [1.29, 1.82) is 0 Å². The molecule has 70 valence electrons. The largest absolute Gasteiger partial charge is 0.748 e. The molecule has 0 heterocycles. The fourth-order valence-corrected chi connectivity index (χ4v) is 1.18. The maximum absolute atomic E-state index is 2.11. The van der Waals surface area contributed by atoms with Gasteiger partial charge < -0.3 is 30.3 Å². The van der Waals surface area contributed by atoms with Crippen LogP contribution in [-0.4, -0.2) is 16.9 Å². The molecule has 0 amide bonds. The average molecular weight is 262 g/mol. The quantitative estimate of drug-likeness (QED) is 0.492. The molecule has 0 nitrogen and oxygen atoms in total. The Morgan fingerprint density at radius 2 is 1.17 bits per heavy atom. The molecule has 0 saturated heterocycles. The molecule has 0 aliphatic heterocycles. The van der Waals surface area contributed by atoms with Crippen LogP contribution < -0.4 is 4.35 Å². The third kappa shape index (κ3) is 5.43. The van der Waals surface area contributed by atoms with E-state index in [9.17, 15) is 0 Å². The van der Waals surface area contributed by atoms with Crippen LogP contribution in [0.1, 0.15) is 0 Å². The van der Waals surface area contributed by atoms with Gasteiger partial charge in [0, 0.05) is 17.1 Å². The van der Waals surface area contributed by atoms with Crippen molar-refractivity contribution in [3.63, 3.8) is 0 Å². The van der Waals surface area contributed by atoms with Crippen LogP contribution in [0.15, 0.2) is 54.6 Å². The van der Waals surface area contributed by atoms with Gasteiger partial charge in [0.25, 0.3) is 0 Å². The van der Waals surface area contributed by atoms with Crippen molar-refractivity contribution in [2.75, 3.05) is 0 Å². The van der Waals surface area contributed by atoms with Gasteiger partial charge in [0.2, 0.25) is 0 Å². The van der Waals surface area contributed by atoms with Crippen molar-refractivity contribution in [2.45, 2.75) is 0 Å². The summed E-state index contributed by atoms with van der Waals surface area (Å²) >= 11 is 1.68. The first-order valence-corrected chi connectivity index (χ1v) is 4.74. The molecule has 0 saturated carbocycles. The number of rotatable bonds is 0. The van der Waals surface area contributed by atoms with Gasteiger partial charge in [-0.25, -0.2) is 0 Å². The molecule has 0 bridgehead atoms. The summed E-state index contributed by atoms with van der Waals surface area (Å²) in [5, 5.41) is 0. The van der Waals surface area contributed by atoms with Crippen LogP contribution in [-0.2, 0) is 17.1 Å². The van der Waals surface area contributed by atoms with E-state index in [1.54, 1.807) is 16.9 Å². The van der Waals surface area contributed by atoms with Crippen LogP contribution in [0.2, 0.25) is 0 Å². The molecule has 12 heavy (non-hydrogen) atoms. The second-order valence-corrected chi connectivity index (χ2v) is 3.58. The smallest absolute Gasteiger partial charge is 0 e. The maximum atomic E-state index is 2.11. The molecule has 0 aromatic heterocycles. The van der Waals surface area contributed by atoms with Crippen LogP contribution >= 0.6 is 0 Å². The summed E-state index contributed by atoms with van der Waals surface area (Å²) in [5.41, 5.74) is 0. The van der Waals surface area contributed by atoms with Gasteiger partial charge in [-0.2, -0.15) is 0 Å². The molecule has 0 fully saturated rings. The first-order valence-electron chi connectivity index (χ1n) is 3.53. The zero-order valence-electron chi connectivity index (χ0n) is 6.63. The van der Waals surface area contributed by atoms with Crippen molar-refractivity contribution in [3.8, 4) is 0 Å². The van der Waals surface area contributed by atoms with Gasteiger partial charge in [0.1, 0.15) is 0 Å². The summed E-state index contributed by atoms with van der Waals surface area (Å²) in [4.78, 5) is 0. The third-order valence-electron chi connectivity index (χ3n) is 1.24. The van der Waals surface area contributed by atoms with E-state index in [1.165, 1.54) is 4.35 Å². The second-order valence-electron chi connectivity index (χ2n) is 2.18. The van der Waals surface area contributed by atoms with E-state index in [1.807, 2.05) is 30.3 Å². The van der Waals surface area contributed by atoms with Gasteiger partial charge in [-0.05, 0) is 0 Å². The van der Waals surface area contributed by atoms with Crippen LogP contribution in [0, 0.1) is 0 Å². The topological polar surface area (TPSA) is 0 Å². The van der Waals surface area contributed by atoms with Crippen LogP contribution in [0.5, 0.6) is 0 Å². The van der Waals surface area contributed by atoms with Gasteiger partial charge >= 0.3 is 45.5 Å². The Balaban J connectivity index is 0.000000189. The molecule has 0 spiro atoms. The first kappa shape index (κ1) is 11.8. The summed E-state index contributed by atoms with van der Waals surface area (Å²) in [6.45, 7) is 0. The van der Waals surface area contributed by atoms with Gasteiger partial charge in [-0.15, -0.1) is 0 Å². The third-order valence-corrected chi connectivity index (χ3v) is 2.05. The summed E-state index contributed by atoms with van der Waals surface area (Å²) in [6, 6.07) is 18.3. The monoisotopic (exact) mass is 262 g/mol. The Labute approximate surface area is 92.7 Å². The molecule has 1 unspecified atom stereocenters. The zero-order chi connectivity index (χ0) is 7.94. The Bertz CT molecular complexity index is 228. The minimum Gasteiger partial charge on any atom is -0.748 e. The molecule has 0 aliphatic rings. The molecule has 0 radical (unpaired) electrons.